The van der Waals surface area contributed by atoms with Crippen molar-refractivity contribution in [3.63, 3.8) is 0 Å². The smallest absolute Gasteiger partial charge is 0.181 e. The summed E-state index contributed by atoms with van der Waals surface area (Å²) >= 11 is 0. The third-order valence-electron chi connectivity index (χ3n) is 5.06. The molecule has 0 saturated heterocycles. The van der Waals surface area contributed by atoms with Crippen molar-refractivity contribution < 1.29 is 20.1 Å². The van der Waals surface area contributed by atoms with Gasteiger partial charge in [0.1, 0.15) is 0 Å². The van der Waals surface area contributed by atoms with Crippen molar-refractivity contribution in [2.75, 3.05) is 6.54 Å². The average Bonchev–Trinajstić information content (AvgIpc) is 3.12. The molecule has 0 saturated carbocycles. The van der Waals surface area contributed by atoms with Gasteiger partial charge >= 0.3 is 0 Å². The minimum Gasteiger partial charge on any atom is -0.344 e. The molecule has 0 N–H and O–H groups in total. The largest absolute Gasteiger partial charge is 0.344 e. The van der Waals surface area contributed by atoms with E-state index in [1.54, 1.807) is 0 Å². The average molecular weight is 514 g/mol. The van der Waals surface area contributed by atoms with Crippen molar-refractivity contribution in [3.05, 3.63) is 89.5 Å². The molecule has 0 bridgehead atoms. The first-order chi connectivity index (χ1) is 12.2. The zero-order valence-corrected chi connectivity index (χ0v) is 17.5. The molecule has 0 amide bonds. The number of rotatable bonds is 3. The third kappa shape index (κ3) is 3.60. The summed E-state index contributed by atoms with van der Waals surface area (Å²) in [5, 5.41) is 0. The van der Waals surface area contributed by atoms with Crippen LogP contribution in [0.5, 0.6) is 0 Å². The molecule has 1 nitrogen and oxygen atoms in total. The van der Waals surface area contributed by atoms with Crippen molar-refractivity contribution in [1.29, 1.82) is 0 Å². The second kappa shape index (κ2) is 8.16. The van der Waals surface area contributed by atoms with E-state index < -0.39 is 0 Å². The Morgan fingerprint density at radius 1 is 0.885 bits per heavy atom. The van der Waals surface area contributed by atoms with Crippen LogP contribution in [0.25, 0.3) is 11.1 Å². The van der Waals surface area contributed by atoms with Gasteiger partial charge in [0.05, 0.1) is 0 Å². The van der Waals surface area contributed by atoms with Gasteiger partial charge < -0.3 is 4.99 Å². The van der Waals surface area contributed by atoms with Crippen LogP contribution in [0.3, 0.4) is 0 Å². The number of nitrogens with zero attached hydrogens (tertiary/aromatic N) is 1. The van der Waals surface area contributed by atoms with E-state index in [0.717, 1.165) is 18.4 Å². The molecule has 0 atom stereocenters. The SMILES string of the molecule is Cc1cc(-c2ccccc2)cc(C)c1B1CCN=C1c1[c-]cccc1.[Ir]. The molecule has 131 valence electrons. The molecule has 0 spiro atoms. The normalized spacial score (nSPS) is 13.3. The van der Waals surface area contributed by atoms with Gasteiger partial charge in [-0.15, -0.1) is 35.9 Å². The molecule has 26 heavy (non-hydrogen) atoms. The van der Waals surface area contributed by atoms with E-state index in [-0.39, 0.29) is 20.1 Å². The molecule has 1 radical (unpaired) electrons. The predicted molar refractivity (Wildman–Crippen MR) is 108 cm³/mol. The fourth-order valence-corrected chi connectivity index (χ4v) is 3.99. The molecule has 0 fully saturated rings. The van der Waals surface area contributed by atoms with Gasteiger partial charge in [0, 0.05) is 26.7 Å². The summed E-state index contributed by atoms with van der Waals surface area (Å²) in [4.78, 5) is 4.81. The minimum atomic E-state index is 0. The Balaban J connectivity index is 0.00000196. The van der Waals surface area contributed by atoms with Crippen molar-refractivity contribution in [2.45, 2.75) is 20.2 Å². The molecule has 1 aliphatic heterocycles. The van der Waals surface area contributed by atoms with Gasteiger partial charge in [0.25, 0.3) is 0 Å². The summed E-state index contributed by atoms with van der Waals surface area (Å²) in [5.74, 6) is 0. The first-order valence-corrected chi connectivity index (χ1v) is 8.92. The van der Waals surface area contributed by atoms with Crippen LogP contribution in [-0.2, 0) is 20.1 Å². The molecule has 0 aliphatic carbocycles. The standard InChI is InChI=1S/C23H21BN.Ir/c1-17-15-21(19-9-5-3-6-10-19)16-18(2)22(17)24-13-14-25-23(24)20-11-7-4-8-12-20;/h3-11,15-16H,13-14H2,1-2H3;/q-1;. The van der Waals surface area contributed by atoms with Gasteiger partial charge in [-0.1, -0.05) is 71.0 Å². The number of aryl methyl sites for hydroxylation is 2. The third-order valence-corrected chi connectivity index (χ3v) is 5.06. The summed E-state index contributed by atoms with van der Waals surface area (Å²) in [7, 11) is 0. The van der Waals surface area contributed by atoms with Crippen LogP contribution in [0.4, 0.5) is 0 Å². The Morgan fingerprint density at radius 2 is 1.58 bits per heavy atom. The molecular weight excluding hydrogens is 493 g/mol. The van der Waals surface area contributed by atoms with Gasteiger partial charge in [-0.3, -0.25) is 0 Å². The number of hydrogen-bond donors (Lipinski definition) is 0. The fraction of sp³-hybridized carbons (Fsp3) is 0.174. The van der Waals surface area contributed by atoms with Crippen LogP contribution < -0.4 is 5.46 Å². The van der Waals surface area contributed by atoms with Crippen LogP contribution >= 0.6 is 0 Å². The van der Waals surface area contributed by atoms with Crippen LogP contribution in [0.2, 0.25) is 6.32 Å². The van der Waals surface area contributed by atoms with Crippen LogP contribution in [0.15, 0.2) is 71.7 Å². The number of benzene rings is 3. The summed E-state index contributed by atoms with van der Waals surface area (Å²) in [5.41, 5.74) is 9.05. The summed E-state index contributed by atoms with van der Waals surface area (Å²) in [6, 6.07) is 26.8. The van der Waals surface area contributed by atoms with Gasteiger partial charge in [-0.2, -0.15) is 0 Å². The van der Waals surface area contributed by atoms with E-state index in [2.05, 4.69) is 74.5 Å². The summed E-state index contributed by atoms with van der Waals surface area (Å²) < 4.78 is 0. The molecule has 1 heterocycles. The maximum Gasteiger partial charge on any atom is 0.181 e. The first-order valence-electron chi connectivity index (χ1n) is 8.92. The van der Waals surface area contributed by atoms with E-state index in [4.69, 9.17) is 4.99 Å². The van der Waals surface area contributed by atoms with Crippen molar-refractivity contribution in [2.24, 2.45) is 4.99 Å². The molecule has 3 heteroatoms. The molecule has 4 rings (SSSR count). The maximum absolute atomic E-state index is 4.81. The summed E-state index contributed by atoms with van der Waals surface area (Å²) in [6.07, 6.45) is 1.09. The molecule has 3 aromatic carbocycles. The Labute approximate surface area is 170 Å². The molecular formula is C23H21BIrN-. The number of aliphatic imine (C=N–C) groups is 1. The van der Waals surface area contributed by atoms with E-state index in [1.807, 2.05) is 12.1 Å². The maximum atomic E-state index is 4.81. The Kier molecular flexibility index (Phi) is 5.91. The van der Waals surface area contributed by atoms with Crippen molar-refractivity contribution >= 4 is 17.8 Å². The Bertz CT molecular complexity index is 896. The molecule has 0 aromatic heterocycles. The molecule has 0 unspecified atom stereocenters. The first kappa shape index (κ1) is 18.8. The van der Waals surface area contributed by atoms with E-state index in [0.29, 0.717) is 6.71 Å². The molecule has 1 aliphatic rings. The second-order valence-electron chi connectivity index (χ2n) is 6.77. The van der Waals surface area contributed by atoms with Gasteiger partial charge in [-0.05, 0) is 25.0 Å². The topological polar surface area (TPSA) is 12.4 Å². The predicted octanol–water partition coefficient (Wildman–Crippen LogP) is 4.51. The monoisotopic (exact) mass is 515 g/mol. The zero-order valence-electron chi connectivity index (χ0n) is 15.1. The molecule has 3 aromatic rings. The number of hydrogen-bond acceptors (Lipinski definition) is 1. The van der Waals surface area contributed by atoms with Crippen LogP contribution in [0, 0.1) is 19.9 Å². The second-order valence-corrected chi connectivity index (χ2v) is 6.77. The van der Waals surface area contributed by atoms with E-state index in [1.165, 1.54) is 33.3 Å². The Morgan fingerprint density at radius 3 is 2.23 bits per heavy atom. The summed E-state index contributed by atoms with van der Waals surface area (Å²) in [6.45, 7) is 5.75. The van der Waals surface area contributed by atoms with Gasteiger partial charge in [-0.25, -0.2) is 0 Å². The van der Waals surface area contributed by atoms with Crippen molar-refractivity contribution in [3.8, 4) is 11.1 Å². The van der Waals surface area contributed by atoms with Gasteiger partial charge in [0.15, 0.2) is 6.71 Å². The van der Waals surface area contributed by atoms with E-state index in [9.17, 15) is 0 Å². The quantitative estimate of drug-likeness (QED) is 0.361. The van der Waals surface area contributed by atoms with Gasteiger partial charge in [0.2, 0.25) is 0 Å². The zero-order chi connectivity index (χ0) is 17.2. The van der Waals surface area contributed by atoms with E-state index >= 15 is 0 Å². The fourth-order valence-electron chi connectivity index (χ4n) is 3.99. The minimum absolute atomic E-state index is 0. The van der Waals surface area contributed by atoms with Crippen LogP contribution in [0.1, 0.15) is 16.7 Å². The Hall–Kier alpha value is -1.96. The van der Waals surface area contributed by atoms with Crippen molar-refractivity contribution in [1.82, 2.24) is 0 Å². The van der Waals surface area contributed by atoms with Crippen LogP contribution in [-0.4, -0.2) is 18.9 Å².